The van der Waals surface area contributed by atoms with Gasteiger partial charge in [-0.15, -0.1) is 21.9 Å². The molecule has 9 heteroatoms. The Kier molecular flexibility index (Phi) is 5.09. The van der Waals surface area contributed by atoms with Gasteiger partial charge in [-0.05, 0) is 0 Å². The molecule has 8 nitrogen and oxygen atoms in total. The van der Waals surface area contributed by atoms with Gasteiger partial charge in [0.1, 0.15) is 6.33 Å². The quantitative estimate of drug-likeness (QED) is 0.614. The lowest BCUT2D eigenvalue weighted by molar-refractivity contribution is -0.113. The molecule has 0 aliphatic carbocycles. The summed E-state index contributed by atoms with van der Waals surface area (Å²) in [5, 5.41) is 18.5. The molecule has 0 radical (unpaired) electrons. The summed E-state index contributed by atoms with van der Waals surface area (Å²) in [5.74, 6) is 0.542. The van der Waals surface area contributed by atoms with Gasteiger partial charge in [0.15, 0.2) is 5.16 Å². The summed E-state index contributed by atoms with van der Waals surface area (Å²) in [6, 6.07) is 0.108. The minimum absolute atomic E-state index is 0.108. The van der Waals surface area contributed by atoms with Gasteiger partial charge in [0, 0.05) is 12.5 Å². The number of nitrogens with zero attached hydrogens (tertiary/aromatic N) is 5. The topological polar surface area (TPSA) is 98.7 Å². The second kappa shape index (κ2) is 7.02. The predicted molar refractivity (Wildman–Crippen MR) is 78.0 cm³/mol. The van der Waals surface area contributed by atoms with E-state index in [2.05, 4.69) is 32.3 Å². The third-order valence-electron chi connectivity index (χ3n) is 2.42. The summed E-state index contributed by atoms with van der Waals surface area (Å²) in [6.45, 7) is 8.11. The number of rotatable bonds is 7. The Bertz CT molecular complexity index is 621. The van der Waals surface area contributed by atoms with Crippen molar-refractivity contribution in [2.75, 3.05) is 11.1 Å². The lowest BCUT2D eigenvalue weighted by Crippen LogP contribution is -2.14. The Morgan fingerprint density at radius 1 is 1.52 bits per heavy atom. The maximum Gasteiger partial charge on any atom is 0.322 e. The lowest BCUT2D eigenvalue weighted by Gasteiger charge is -2.02. The van der Waals surface area contributed by atoms with Gasteiger partial charge in [-0.2, -0.15) is 0 Å². The van der Waals surface area contributed by atoms with Crippen molar-refractivity contribution >= 4 is 23.7 Å². The Labute approximate surface area is 126 Å². The Balaban J connectivity index is 1.86. The molecule has 0 aromatic carbocycles. The molecule has 0 unspecified atom stereocenters. The zero-order valence-electron chi connectivity index (χ0n) is 11.8. The van der Waals surface area contributed by atoms with Crippen molar-refractivity contribution in [3.8, 4) is 0 Å². The van der Waals surface area contributed by atoms with Crippen LogP contribution < -0.4 is 5.32 Å². The van der Waals surface area contributed by atoms with E-state index in [0.29, 0.717) is 17.6 Å². The summed E-state index contributed by atoms with van der Waals surface area (Å²) in [4.78, 5) is 11.8. The van der Waals surface area contributed by atoms with Crippen LogP contribution in [-0.4, -0.2) is 36.6 Å². The molecule has 0 fully saturated rings. The molecule has 2 heterocycles. The molecule has 0 bridgehead atoms. The summed E-state index contributed by atoms with van der Waals surface area (Å²) in [5.41, 5.74) is 0. The number of aromatic nitrogens is 5. The van der Waals surface area contributed by atoms with Crippen LogP contribution in [0.15, 0.2) is 28.6 Å². The van der Waals surface area contributed by atoms with Gasteiger partial charge >= 0.3 is 6.01 Å². The first kappa shape index (κ1) is 15.2. The molecule has 2 aromatic rings. The van der Waals surface area contributed by atoms with E-state index < -0.39 is 0 Å². The summed E-state index contributed by atoms with van der Waals surface area (Å²) in [6.07, 6.45) is 3.33. The Morgan fingerprint density at radius 2 is 2.33 bits per heavy atom. The number of allylic oxidation sites excluding steroid dienone is 1. The fourth-order valence-electron chi connectivity index (χ4n) is 1.42. The van der Waals surface area contributed by atoms with E-state index >= 15 is 0 Å². The molecule has 1 amide bonds. The standard InChI is InChI=1S/C12H16N6O2S/c1-4-5-18-7-13-17-12(18)21-6-9(19)14-11-16-15-10(20-11)8(2)3/h4,7-8H,1,5-6H2,2-3H3,(H,14,16,19). The number of amides is 1. The van der Waals surface area contributed by atoms with Gasteiger partial charge < -0.3 is 8.98 Å². The third-order valence-corrected chi connectivity index (χ3v) is 3.40. The molecule has 0 saturated heterocycles. The van der Waals surface area contributed by atoms with Crippen molar-refractivity contribution in [1.82, 2.24) is 25.0 Å². The highest BCUT2D eigenvalue weighted by Crippen LogP contribution is 2.17. The van der Waals surface area contributed by atoms with Crippen molar-refractivity contribution in [2.45, 2.75) is 31.5 Å². The van der Waals surface area contributed by atoms with Gasteiger partial charge in [-0.25, -0.2) is 0 Å². The van der Waals surface area contributed by atoms with Crippen LogP contribution in [0, 0.1) is 0 Å². The van der Waals surface area contributed by atoms with E-state index in [9.17, 15) is 4.79 Å². The maximum absolute atomic E-state index is 11.8. The Hall–Kier alpha value is -2.16. The van der Waals surface area contributed by atoms with Crippen LogP contribution in [0.25, 0.3) is 0 Å². The molecule has 0 aliphatic heterocycles. The van der Waals surface area contributed by atoms with E-state index in [4.69, 9.17) is 4.42 Å². The highest BCUT2D eigenvalue weighted by atomic mass is 32.2. The average molecular weight is 308 g/mol. The zero-order valence-corrected chi connectivity index (χ0v) is 12.6. The molecule has 0 atom stereocenters. The van der Waals surface area contributed by atoms with E-state index in [1.165, 1.54) is 11.8 Å². The largest absolute Gasteiger partial charge is 0.408 e. The molecule has 0 spiro atoms. The van der Waals surface area contributed by atoms with Gasteiger partial charge in [0.2, 0.25) is 11.8 Å². The Morgan fingerprint density at radius 3 is 3.00 bits per heavy atom. The van der Waals surface area contributed by atoms with E-state index in [1.807, 2.05) is 13.8 Å². The van der Waals surface area contributed by atoms with Crippen LogP contribution in [0.3, 0.4) is 0 Å². The molecule has 21 heavy (non-hydrogen) atoms. The van der Waals surface area contributed by atoms with Crippen molar-refractivity contribution in [1.29, 1.82) is 0 Å². The normalized spacial score (nSPS) is 10.8. The number of hydrogen-bond acceptors (Lipinski definition) is 7. The lowest BCUT2D eigenvalue weighted by atomic mass is 10.2. The molecule has 2 rings (SSSR count). The number of carbonyl (C=O) groups excluding carboxylic acids is 1. The minimum Gasteiger partial charge on any atom is -0.408 e. The number of nitrogens with one attached hydrogen (secondary N) is 1. The van der Waals surface area contributed by atoms with Crippen LogP contribution in [0.2, 0.25) is 0 Å². The minimum atomic E-state index is -0.243. The van der Waals surface area contributed by atoms with Crippen LogP contribution in [0.4, 0.5) is 6.01 Å². The van der Waals surface area contributed by atoms with Gasteiger partial charge in [-0.3, -0.25) is 10.1 Å². The van der Waals surface area contributed by atoms with Crippen molar-refractivity contribution in [3.63, 3.8) is 0 Å². The molecule has 0 aliphatic rings. The number of carbonyl (C=O) groups is 1. The molecular weight excluding hydrogens is 292 g/mol. The first-order valence-electron chi connectivity index (χ1n) is 6.35. The second-order valence-corrected chi connectivity index (χ2v) is 5.43. The summed E-state index contributed by atoms with van der Waals surface area (Å²) >= 11 is 1.27. The molecule has 0 saturated carbocycles. The number of thioether (sulfide) groups is 1. The number of hydrogen-bond donors (Lipinski definition) is 1. The molecular formula is C12H16N6O2S. The van der Waals surface area contributed by atoms with Gasteiger partial charge in [0.05, 0.1) is 5.75 Å². The SMILES string of the molecule is C=CCn1cnnc1SCC(=O)Nc1nnc(C(C)C)o1. The third kappa shape index (κ3) is 4.15. The van der Waals surface area contributed by atoms with E-state index in [1.54, 1.807) is 17.0 Å². The zero-order chi connectivity index (χ0) is 15.2. The first-order valence-corrected chi connectivity index (χ1v) is 7.33. The second-order valence-electron chi connectivity index (χ2n) is 4.49. The van der Waals surface area contributed by atoms with Crippen LogP contribution >= 0.6 is 11.8 Å². The van der Waals surface area contributed by atoms with Crippen LogP contribution in [0.5, 0.6) is 0 Å². The van der Waals surface area contributed by atoms with Crippen molar-refractivity contribution in [2.24, 2.45) is 0 Å². The summed E-state index contributed by atoms with van der Waals surface area (Å²) < 4.78 is 7.11. The molecule has 1 N–H and O–H groups in total. The fraction of sp³-hybridized carbons (Fsp3) is 0.417. The van der Waals surface area contributed by atoms with E-state index in [-0.39, 0.29) is 23.6 Å². The molecule has 112 valence electrons. The maximum atomic E-state index is 11.8. The smallest absolute Gasteiger partial charge is 0.322 e. The first-order chi connectivity index (χ1) is 10.1. The average Bonchev–Trinajstić information content (AvgIpc) is 3.06. The van der Waals surface area contributed by atoms with E-state index in [0.717, 1.165) is 0 Å². The monoisotopic (exact) mass is 308 g/mol. The van der Waals surface area contributed by atoms with Crippen LogP contribution in [-0.2, 0) is 11.3 Å². The van der Waals surface area contributed by atoms with Crippen LogP contribution in [0.1, 0.15) is 25.7 Å². The highest BCUT2D eigenvalue weighted by Gasteiger charge is 2.13. The van der Waals surface area contributed by atoms with Gasteiger partial charge in [-0.1, -0.05) is 36.8 Å². The predicted octanol–water partition coefficient (Wildman–Crippen LogP) is 1.70. The number of anilines is 1. The highest BCUT2D eigenvalue weighted by molar-refractivity contribution is 7.99. The van der Waals surface area contributed by atoms with Crippen molar-refractivity contribution in [3.05, 3.63) is 24.9 Å². The molecule has 2 aromatic heterocycles. The van der Waals surface area contributed by atoms with Crippen molar-refractivity contribution < 1.29 is 9.21 Å². The fourth-order valence-corrected chi connectivity index (χ4v) is 2.15. The summed E-state index contributed by atoms with van der Waals surface area (Å²) in [7, 11) is 0. The van der Waals surface area contributed by atoms with Gasteiger partial charge in [0.25, 0.3) is 0 Å².